The van der Waals surface area contributed by atoms with E-state index in [1.54, 1.807) is 12.4 Å². The summed E-state index contributed by atoms with van der Waals surface area (Å²) in [5.41, 5.74) is 2.08. The number of allylic oxidation sites excluding steroid dienone is 2. The van der Waals surface area contributed by atoms with Gasteiger partial charge in [-0.05, 0) is 38.3 Å². The number of carbonyl (C=O) groups excluding carboxylic acids is 1. The van der Waals surface area contributed by atoms with Crippen LogP contribution in [0.1, 0.15) is 26.2 Å². The first-order chi connectivity index (χ1) is 11.7. The SMILES string of the molecule is CCN(C(=O)CSc1nnc(-c2cccnc2)n1C)C1=CCCC1. The molecule has 0 saturated heterocycles. The molecular weight excluding hydrogens is 322 g/mol. The number of amides is 1. The quantitative estimate of drug-likeness (QED) is 0.755. The van der Waals surface area contributed by atoms with E-state index in [0.29, 0.717) is 12.3 Å². The number of rotatable bonds is 6. The van der Waals surface area contributed by atoms with Crippen molar-refractivity contribution in [3.63, 3.8) is 0 Å². The summed E-state index contributed by atoms with van der Waals surface area (Å²) in [6, 6.07) is 3.82. The van der Waals surface area contributed by atoms with E-state index in [9.17, 15) is 4.79 Å². The molecule has 0 aliphatic heterocycles. The van der Waals surface area contributed by atoms with Crippen LogP contribution in [0.25, 0.3) is 11.4 Å². The van der Waals surface area contributed by atoms with Gasteiger partial charge in [-0.3, -0.25) is 9.78 Å². The molecule has 0 radical (unpaired) electrons. The van der Waals surface area contributed by atoms with Crippen LogP contribution in [0.2, 0.25) is 0 Å². The van der Waals surface area contributed by atoms with Gasteiger partial charge in [0.1, 0.15) is 0 Å². The molecule has 126 valence electrons. The topological polar surface area (TPSA) is 63.9 Å². The summed E-state index contributed by atoms with van der Waals surface area (Å²) in [5.74, 6) is 1.25. The van der Waals surface area contributed by atoms with Gasteiger partial charge in [-0.25, -0.2) is 0 Å². The lowest BCUT2D eigenvalue weighted by Crippen LogP contribution is -2.31. The van der Waals surface area contributed by atoms with Crippen molar-refractivity contribution in [1.82, 2.24) is 24.6 Å². The van der Waals surface area contributed by atoms with E-state index in [-0.39, 0.29) is 5.91 Å². The van der Waals surface area contributed by atoms with E-state index in [1.165, 1.54) is 11.8 Å². The van der Waals surface area contributed by atoms with Crippen molar-refractivity contribution in [1.29, 1.82) is 0 Å². The molecule has 0 N–H and O–H groups in total. The number of carbonyl (C=O) groups is 1. The normalized spacial score (nSPS) is 13.8. The van der Waals surface area contributed by atoms with Crippen molar-refractivity contribution >= 4 is 17.7 Å². The molecule has 0 aromatic carbocycles. The zero-order valence-corrected chi connectivity index (χ0v) is 14.8. The van der Waals surface area contributed by atoms with Crippen LogP contribution < -0.4 is 0 Å². The lowest BCUT2D eigenvalue weighted by molar-refractivity contribution is -0.126. The molecule has 1 aliphatic rings. The number of nitrogens with zero attached hydrogens (tertiary/aromatic N) is 5. The summed E-state index contributed by atoms with van der Waals surface area (Å²) in [4.78, 5) is 18.5. The highest BCUT2D eigenvalue weighted by molar-refractivity contribution is 7.99. The summed E-state index contributed by atoms with van der Waals surface area (Å²) < 4.78 is 1.90. The molecule has 0 bridgehead atoms. The fourth-order valence-electron chi connectivity index (χ4n) is 2.83. The standard InChI is InChI=1S/C17H21N5OS/c1-3-22(14-8-4-5-9-14)15(23)12-24-17-20-19-16(21(17)2)13-7-6-10-18-11-13/h6-8,10-11H,3-5,9,12H2,1-2H3. The second-order valence-electron chi connectivity index (χ2n) is 5.62. The predicted molar refractivity (Wildman–Crippen MR) is 94.3 cm³/mol. The lowest BCUT2D eigenvalue weighted by Gasteiger charge is -2.21. The molecule has 2 heterocycles. The third kappa shape index (κ3) is 3.51. The van der Waals surface area contributed by atoms with Gasteiger partial charge in [-0.1, -0.05) is 17.8 Å². The van der Waals surface area contributed by atoms with Gasteiger partial charge in [0.25, 0.3) is 0 Å². The maximum Gasteiger partial charge on any atom is 0.237 e. The molecule has 3 rings (SSSR count). The van der Waals surface area contributed by atoms with Crippen molar-refractivity contribution in [3.05, 3.63) is 36.3 Å². The monoisotopic (exact) mass is 343 g/mol. The zero-order valence-electron chi connectivity index (χ0n) is 14.0. The van der Waals surface area contributed by atoms with Gasteiger partial charge in [0.2, 0.25) is 5.91 Å². The highest BCUT2D eigenvalue weighted by Gasteiger charge is 2.20. The molecule has 6 nitrogen and oxygen atoms in total. The Morgan fingerprint density at radius 3 is 2.96 bits per heavy atom. The van der Waals surface area contributed by atoms with E-state index in [1.807, 2.05) is 35.6 Å². The molecule has 0 fully saturated rings. The Bertz CT molecular complexity index is 741. The van der Waals surface area contributed by atoms with E-state index in [4.69, 9.17) is 0 Å². The number of pyridine rings is 1. The van der Waals surface area contributed by atoms with Crippen LogP contribution in [0.15, 0.2) is 41.5 Å². The first-order valence-corrected chi connectivity index (χ1v) is 9.11. The lowest BCUT2D eigenvalue weighted by atomic mass is 10.3. The Balaban J connectivity index is 1.66. The van der Waals surface area contributed by atoms with Crippen LogP contribution in [-0.2, 0) is 11.8 Å². The highest BCUT2D eigenvalue weighted by atomic mass is 32.2. The Labute approximate surface area is 146 Å². The van der Waals surface area contributed by atoms with Crippen LogP contribution in [0, 0.1) is 0 Å². The van der Waals surface area contributed by atoms with Gasteiger partial charge in [-0.15, -0.1) is 10.2 Å². The Kier molecular flexibility index (Phi) is 5.30. The number of thioether (sulfide) groups is 1. The predicted octanol–water partition coefficient (Wildman–Crippen LogP) is 2.89. The first-order valence-electron chi connectivity index (χ1n) is 8.12. The minimum Gasteiger partial charge on any atom is -0.316 e. The Morgan fingerprint density at radius 1 is 1.42 bits per heavy atom. The van der Waals surface area contributed by atoms with Gasteiger partial charge in [0.15, 0.2) is 11.0 Å². The van der Waals surface area contributed by atoms with Gasteiger partial charge in [0.05, 0.1) is 5.75 Å². The molecule has 2 aromatic heterocycles. The van der Waals surface area contributed by atoms with Crippen molar-refractivity contribution in [3.8, 4) is 11.4 Å². The fraction of sp³-hybridized carbons (Fsp3) is 0.412. The highest BCUT2D eigenvalue weighted by Crippen LogP contribution is 2.25. The zero-order chi connectivity index (χ0) is 16.9. The van der Waals surface area contributed by atoms with E-state index < -0.39 is 0 Å². The average Bonchev–Trinajstić information content (AvgIpc) is 3.25. The van der Waals surface area contributed by atoms with E-state index in [2.05, 4.69) is 21.3 Å². The molecule has 0 spiro atoms. The minimum atomic E-state index is 0.126. The second-order valence-corrected chi connectivity index (χ2v) is 6.56. The number of aromatic nitrogens is 4. The Morgan fingerprint density at radius 2 is 2.29 bits per heavy atom. The molecule has 0 unspecified atom stereocenters. The molecule has 24 heavy (non-hydrogen) atoms. The van der Waals surface area contributed by atoms with Gasteiger partial charge in [0, 0.05) is 37.2 Å². The summed E-state index contributed by atoms with van der Waals surface area (Å²) in [5, 5.41) is 9.17. The fourth-order valence-corrected chi connectivity index (χ4v) is 3.62. The van der Waals surface area contributed by atoms with Crippen molar-refractivity contribution < 1.29 is 4.79 Å². The van der Waals surface area contributed by atoms with Crippen LogP contribution in [-0.4, -0.2) is 42.9 Å². The average molecular weight is 343 g/mol. The van der Waals surface area contributed by atoms with E-state index >= 15 is 0 Å². The second kappa shape index (κ2) is 7.61. The van der Waals surface area contributed by atoms with Crippen molar-refractivity contribution in [2.45, 2.75) is 31.3 Å². The summed E-state index contributed by atoms with van der Waals surface area (Å²) in [6.07, 6.45) is 8.88. The van der Waals surface area contributed by atoms with Crippen LogP contribution in [0.5, 0.6) is 0 Å². The Hall–Kier alpha value is -2.15. The van der Waals surface area contributed by atoms with E-state index in [0.717, 1.165) is 41.5 Å². The third-order valence-corrected chi connectivity index (χ3v) is 5.07. The molecule has 1 aliphatic carbocycles. The van der Waals surface area contributed by atoms with Crippen LogP contribution >= 0.6 is 11.8 Å². The first kappa shape index (κ1) is 16.7. The molecule has 2 aromatic rings. The number of hydrogen-bond donors (Lipinski definition) is 0. The van der Waals surface area contributed by atoms with Gasteiger partial charge < -0.3 is 9.47 Å². The van der Waals surface area contributed by atoms with Crippen molar-refractivity contribution in [2.75, 3.05) is 12.3 Å². The number of hydrogen-bond acceptors (Lipinski definition) is 5. The largest absolute Gasteiger partial charge is 0.316 e. The molecule has 7 heteroatoms. The van der Waals surface area contributed by atoms with Crippen LogP contribution in [0.4, 0.5) is 0 Å². The molecular formula is C17H21N5OS. The molecule has 0 atom stereocenters. The molecule has 1 amide bonds. The van der Waals surface area contributed by atoms with Crippen molar-refractivity contribution in [2.24, 2.45) is 7.05 Å². The molecule has 0 saturated carbocycles. The van der Waals surface area contributed by atoms with Crippen LogP contribution in [0.3, 0.4) is 0 Å². The smallest absolute Gasteiger partial charge is 0.237 e. The summed E-state index contributed by atoms with van der Waals surface area (Å²) in [7, 11) is 1.91. The van der Waals surface area contributed by atoms with Gasteiger partial charge >= 0.3 is 0 Å². The third-order valence-electron chi connectivity index (χ3n) is 4.06. The van der Waals surface area contributed by atoms with Gasteiger partial charge in [-0.2, -0.15) is 0 Å². The summed E-state index contributed by atoms with van der Waals surface area (Å²) in [6.45, 7) is 2.73. The maximum atomic E-state index is 12.5. The maximum absolute atomic E-state index is 12.5. The summed E-state index contributed by atoms with van der Waals surface area (Å²) >= 11 is 1.42. The minimum absolute atomic E-state index is 0.126.